The Bertz CT molecular complexity index is 1070. The highest BCUT2D eigenvalue weighted by Crippen LogP contribution is 2.36. The summed E-state index contributed by atoms with van der Waals surface area (Å²) >= 11 is 0.879. The Morgan fingerprint density at radius 2 is 1.87 bits per heavy atom. The lowest BCUT2D eigenvalue weighted by atomic mass is 10.2. The monoisotopic (exact) mass is 439 g/mol. The van der Waals surface area contributed by atoms with Crippen LogP contribution in [0.25, 0.3) is 6.08 Å². The molecule has 0 aliphatic carbocycles. The second kappa shape index (κ2) is 8.73. The van der Waals surface area contributed by atoms with Crippen LogP contribution in [-0.2, 0) is 4.79 Å². The van der Waals surface area contributed by atoms with Crippen LogP contribution in [-0.4, -0.2) is 55.9 Å². The van der Waals surface area contributed by atoms with Gasteiger partial charge in [-0.2, -0.15) is 0 Å². The van der Waals surface area contributed by atoms with Crippen LogP contribution in [0.15, 0.2) is 47.4 Å². The Balaban J connectivity index is 1.34. The largest absolute Gasteiger partial charge is 0.454 e. The van der Waals surface area contributed by atoms with Crippen LogP contribution >= 0.6 is 11.8 Å². The van der Waals surface area contributed by atoms with Crippen LogP contribution in [0.5, 0.6) is 11.5 Å². The molecule has 0 unspecified atom stereocenters. The van der Waals surface area contributed by atoms with Crippen molar-refractivity contribution < 1.29 is 23.9 Å². The fraction of sp³-hybridized carbons (Fsp3) is 0.227. The van der Waals surface area contributed by atoms with Crippen LogP contribution in [0, 0.1) is 0 Å². The van der Waals surface area contributed by atoms with Gasteiger partial charge in [0, 0.05) is 38.4 Å². The summed E-state index contributed by atoms with van der Waals surface area (Å²) in [6.07, 6.45) is 1.65. The molecule has 2 aromatic rings. The number of nitrogens with one attached hydrogen (secondary N) is 1. The second-order valence-corrected chi connectivity index (χ2v) is 8.14. The number of amides is 3. The minimum absolute atomic E-state index is 0.102. The van der Waals surface area contributed by atoms with Crippen molar-refractivity contribution in [2.24, 2.45) is 0 Å². The Morgan fingerprint density at radius 3 is 2.61 bits per heavy atom. The first-order chi connectivity index (χ1) is 14.9. The van der Waals surface area contributed by atoms with Gasteiger partial charge in [-0.05, 0) is 59.8 Å². The third kappa shape index (κ3) is 4.51. The van der Waals surface area contributed by atoms with Gasteiger partial charge >= 0.3 is 0 Å². The van der Waals surface area contributed by atoms with Crippen LogP contribution in [0.4, 0.5) is 10.5 Å². The summed E-state index contributed by atoms with van der Waals surface area (Å²) < 4.78 is 10.6. The number of imide groups is 1. The first-order valence-electron chi connectivity index (χ1n) is 9.63. The lowest BCUT2D eigenvalue weighted by molar-refractivity contribution is -0.122. The third-order valence-electron chi connectivity index (χ3n) is 4.83. The van der Waals surface area contributed by atoms with E-state index in [1.54, 1.807) is 36.4 Å². The van der Waals surface area contributed by atoms with Gasteiger partial charge in [0.15, 0.2) is 11.5 Å². The van der Waals surface area contributed by atoms with Crippen molar-refractivity contribution in [2.75, 3.05) is 38.9 Å². The van der Waals surface area contributed by atoms with Crippen molar-refractivity contribution in [2.45, 2.75) is 0 Å². The molecule has 0 spiro atoms. The molecule has 0 aromatic heterocycles. The van der Waals surface area contributed by atoms with E-state index >= 15 is 0 Å². The van der Waals surface area contributed by atoms with E-state index < -0.39 is 0 Å². The summed E-state index contributed by atoms with van der Waals surface area (Å²) in [7, 11) is 3.85. The molecule has 0 saturated carbocycles. The first-order valence-corrected chi connectivity index (χ1v) is 10.4. The number of anilines is 1. The lowest BCUT2D eigenvalue weighted by Crippen LogP contribution is -2.37. The molecule has 2 aliphatic heterocycles. The number of carbonyl (C=O) groups excluding carboxylic acids is 3. The maximum atomic E-state index is 12.6. The molecule has 1 saturated heterocycles. The number of hydrogen-bond donors (Lipinski definition) is 1. The minimum atomic E-state index is -0.378. The van der Waals surface area contributed by atoms with Gasteiger partial charge in [-0.1, -0.05) is 6.07 Å². The van der Waals surface area contributed by atoms with E-state index in [-0.39, 0.29) is 36.9 Å². The van der Waals surface area contributed by atoms with E-state index in [4.69, 9.17) is 9.47 Å². The van der Waals surface area contributed by atoms with Crippen molar-refractivity contribution in [3.8, 4) is 11.5 Å². The summed E-state index contributed by atoms with van der Waals surface area (Å²) in [4.78, 5) is 40.6. The molecular formula is C22H21N3O5S. The summed E-state index contributed by atoms with van der Waals surface area (Å²) in [6.45, 7) is 0.440. The van der Waals surface area contributed by atoms with Gasteiger partial charge < -0.3 is 19.7 Å². The fourth-order valence-corrected chi connectivity index (χ4v) is 4.01. The lowest BCUT2D eigenvalue weighted by Gasteiger charge is -2.14. The minimum Gasteiger partial charge on any atom is -0.454 e. The van der Waals surface area contributed by atoms with Crippen molar-refractivity contribution in [1.82, 2.24) is 10.2 Å². The third-order valence-corrected chi connectivity index (χ3v) is 5.74. The fourth-order valence-electron chi connectivity index (χ4n) is 3.14. The summed E-state index contributed by atoms with van der Waals surface area (Å²) in [5.41, 5.74) is 2.25. The average molecular weight is 439 g/mol. The molecule has 160 valence electrons. The zero-order chi connectivity index (χ0) is 22.0. The van der Waals surface area contributed by atoms with Crippen molar-refractivity contribution in [1.29, 1.82) is 0 Å². The molecular weight excluding hydrogens is 418 g/mol. The highest BCUT2D eigenvalue weighted by Gasteiger charge is 2.34. The zero-order valence-electron chi connectivity index (χ0n) is 17.1. The molecule has 1 fully saturated rings. The van der Waals surface area contributed by atoms with Gasteiger partial charge in [0.1, 0.15) is 0 Å². The first kappa shape index (κ1) is 20.8. The molecule has 9 heteroatoms. The number of carbonyl (C=O) groups is 3. The number of nitrogens with zero attached hydrogens (tertiary/aromatic N) is 2. The Labute approximate surface area is 183 Å². The maximum absolute atomic E-state index is 12.6. The Kier molecular flexibility index (Phi) is 5.85. The molecule has 2 aliphatic rings. The highest BCUT2D eigenvalue weighted by molar-refractivity contribution is 8.18. The average Bonchev–Trinajstić information content (AvgIpc) is 3.33. The molecule has 0 radical (unpaired) electrons. The van der Waals surface area contributed by atoms with Crippen LogP contribution in [0.2, 0.25) is 0 Å². The second-order valence-electron chi connectivity index (χ2n) is 7.14. The van der Waals surface area contributed by atoms with Crippen molar-refractivity contribution >= 4 is 40.6 Å². The molecule has 2 aromatic carbocycles. The van der Waals surface area contributed by atoms with Crippen molar-refractivity contribution in [3.05, 3.63) is 58.5 Å². The number of ether oxygens (including phenoxy) is 2. The highest BCUT2D eigenvalue weighted by atomic mass is 32.2. The van der Waals surface area contributed by atoms with Gasteiger partial charge in [-0.3, -0.25) is 19.3 Å². The predicted octanol–water partition coefficient (Wildman–Crippen LogP) is 2.95. The molecule has 31 heavy (non-hydrogen) atoms. The number of hydrogen-bond acceptors (Lipinski definition) is 7. The summed E-state index contributed by atoms with van der Waals surface area (Å²) in [5.74, 6) is 0.622. The summed E-state index contributed by atoms with van der Waals surface area (Å²) in [5, 5.41) is 2.39. The van der Waals surface area contributed by atoms with E-state index in [0.29, 0.717) is 22.0 Å². The quantitative estimate of drug-likeness (QED) is 0.693. The normalized spacial score (nSPS) is 16.2. The summed E-state index contributed by atoms with van der Waals surface area (Å²) in [6, 6.07) is 12.5. The Morgan fingerprint density at radius 1 is 1.13 bits per heavy atom. The van der Waals surface area contributed by atoms with E-state index in [9.17, 15) is 14.4 Å². The smallest absolute Gasteiger partial charge is 0.293 e. The molecule has 0 atom stereocenters. The predicted molar refractivity (Wildman–Crippen MR) is 118 cm³/mol. The van der Waals surface area contributed by atoms with Gasteiger partial charge in [0.2, 0.25) is 6.79 Å². The zero-order valence-corrected chi connectivity index (χ0v) is 17.9. The van der Waals surface area contributed by atoms with Crippen LogP contribution in [0.3, 0.4) is 0 Å². The van der Waals surface area contributed by atoms with E-state index in [1.165, 1.54) is 0 Å². The van der Waals surface area contributed by atoms with Gasteiger partial charge in [-0.15, -0.1) is 0 Å². The van der Waals surface area contributed by atoms with Crippen LogP contribution < -0.4 is 19.7 Å². The SMILES string of the molecule is CN(C)c1ccc(C(=O)NCCN2C(=O)S/C(=C/c3ccc4c(c3)OCO4)C2=O)cc1. The van der Waals surface area contributed by atoms with Gasteiger partial charge in [0.25, 0.3) is 17.1 Å². The molecule has 1 N–H and O–H groups in total. The number of fused-ring (bicyclic) bond motifs is 1. The molecule has 0 bridgehead atoms. The Hall–Kier alpha value is -3.46. The van der Waals surface area contributed by atoms with Crippen molar-refractivity contribution in [3.63, 3.8) is 0 Å². The maximum Gasteiger partial charge on any atom is 0.293 e. The molecule has 2 heterocycles. The molecule has 8 nitrogen and oxygen atoms in total. The van der Waals surface area contributed by atoms with Gasteiger partial charge in [-0.25, -0.2) is 0 Å². The van der Waals surface area contributed by atoms with E-state index in [0.717, 1.165) is 27.9 Å². The van der Waals surface area contributed by atoms with Crippen LogP contribution in [0.1, 0.15) is 15.9 Å². The van der Waals surface area contributed by atoms with E-state index in [1.807, 2.05) is 31.1 Å². The molecule has 3 amide bonds. The molecule has 4 rings (SSSR count). The van der Waals surface area contributed by atoms with E-state index in [2.05, 4.69) is 5.32 Å². The van der Waals surface area contributed by atoms with Gasteiger partial charge in [0.05, 0.1) is 4.91 Å². The number of rotatable bonds is 6. The topological polar surface area (TPSA) is 88.2 Å². The number of thioether (sulfide) groups is 1. The standard InChI is InChI=1S/C22H21N3O5S/c1-24(2)16-6-4-15(5-7-16)20(26)23-9-10-25-21(27)19(31-22(25)28)12-14-3-8-17-18(11-14)30-13-29-17/h3-8,11-12H,9-10,13H2,1-2H3,(H,23,26)/b19-12+. The number of benzene rings is 2.